The lowest BCUT2D eigenvalue weighted by molar-refractivity contribution is -0.138. The molecule has 1 unspecified atom stereocenters. The van der Waals surface area contributed by atoms with Crippen LogP contribution in [0, 0.1) is 11.3 Å². The molecule has 0 bridgehead atoms. The van der Waals surface area contributed by atoms with E-state index in [9.17, 15) is 14.7 Å². The van der Waals surface area contributed by atoms with Crippen LogP contribution >= 0.6 is 0 Å². The van der Waals surface area contributed by atoms with Crippen molar-refractivity contribution in [3.8, 4) is 0 Å². The Balaban J connectivity index is 1.53. The summed E-state index contributed by atoms with van der Waals surface area (Å²) in [5, 5.41) is 10.0. The Hall–Kier alpha value is -2.14. The summed E-state index contributed by atoms with van der Waals surface area (Å²) >= 11 is 0. The molecule has 0 saturated carbocycles. The van der Waals surface area contributed by atoms with Gasteiger partial charge in [-0.2, -0.15) is 0 Å². The molecule has 2 amide bonds. The van der Waals surface area contributed by atoms with Crippen molar-refractivity contribution in [2.75, 3.05) is 32.8 Å². The number of likely N-dealkylation sites (tertiary alicyclic amines) is 2. The fourth-order valence-electron chi connectivity index (χ4n) is 4.27. The van der Waals surface area contributed by atoms with Gasteiger partial charge < -0.3 is 14.9 Å². The first-order chi connectivity index (χ1) is 13.1. The highest BCUT2D eigenvalue weighted by Crippen LogP contribution is 2.36. The molecule has 2 saturated heterocycles. The smallest absolute Gasteiger partial charge is 0.227 e. The van der Waals surface area contributed by atoms with Crippen molar-refractivity contribution in [1.82, 2.24) is 9.80 Å². The average Bonchev–Trinajstić information content (AvgIpc) is 3.08. The van der Waals surface area contributed by atoms with Gasteiger partial charge >= 0.3 is 0 Å². The summed E-state index contributed by atoms with van der Waals surface area (Å²) in [6.07, 6.45) is 5.53. The molecular weight excluding hydrogens is 340 g/mol. The zero-order valence-electron chi connectivity index (χ0n) is 16.0. The first-order valence-corrected chi connectivity index (χ1v) is 9.89. The van der Waals surface area contributed by atoms with Gasteiger partial charge in [0.25, 0.3) is 0 Å². The van der Waals surface area contributed by atoms with Crippen molar-refractivity contribution in [3.63, 3.8) is 0 Å². The lowest BCUT2D eigenvalue weighted by atomic mass is 9.74. The fraction of sp³-hybridized carbons (Fsp3) is 0.545. The van der Waals surface area contributed by atoms with Gasteiger partial charge in [0.1, 0.15) is 0 Å². The van der Waals surface area contributed by atoms with E-state index in [0.717, 1.165) is 25.7 Å². The van der Waals surface area contributed by atoms with Crippen molar-refractivity contribution in [2.24, 2.45) is 11.3 Å². The van der Waals surface area contributed by atoms with E-state index in [-0.39, 0.29) is 29.8 Å². The molecule has 0 aliphatic carbocycles. The van der Waals surface area contributed by atoms with Crippen molar-refractivity contribution in [3.05, 3.63) is 48.6 Å². The van der Waals surface area contributed by atoms with E-state index in [0.29, 0.717) is 32.6 Å². The molecule has 1 aromatic carbocycles. The monoisotopic (exact) mass is 370 g/mol. The van der Waals surface area contributed by atoms with Crippen LogP contribution in [0.5, 0.6) is 0 Å². The Morgan fingerprint density at radius 1 is 1.26 bits per heavy atom. The third-order valence-electron chi connectivity index (χ3n) is 6.17. The first kappa shape index (κ1) is 19.6. The summed E-state index contributed by atoms with van der Waals surface area (Å²) in [6.45, 7) is 6.18. The topological polar surface area (TPSA) is 60.9 Å². The van der Waals surface area contributed by atoms with Crippen LogP contribution in [0.25, 0.3) is 0 Å². The number of hydrogen-bond donors (Lipinski definition) is 1. The Labute approximate surface area is 161 Å². The van der Waals surface area contributed by atoms with Crippen LogP contribution in [-0.4, -0.2) is 59.5 Å². The number of rotatable bonds is 7. The Bertz CT molecular complexity index is 665. The zero-order valence-corrected chi connectivity index (χ0v) is 16.0. The molecule has 0 radical (unpaired) electrons. The van der Waals surface area contributed by atoms with Gasteiger partial charge in [-0.15, -0.1) is 6.58 Å². The van der Waals surface area contributed by atoms with Gasteiger partial charge in [0.05, 0.1) is 5.92 Å². The number of hydrogen-bond acceptors (Lipinski definition) is 3. The minimum absolute atomic E-state index is 0.0397. The SMILES string of the molecule is C=CCN1CC(C(=O)N2CCC(CO)(CCc3ccccc3)CC2)CC1=O. The van der Waals surface area contributed by atoms with E-state index in [1.165, 1.54) is 5.56 Å². The minimum atomic E-state index is -0.233. The number of aliphatic hydroxyl groups is 1. The average molecular weight is 370 g/mol. The Kier molecular flexibility index (Phi) is 6.32. The highest BCUT2D eigenvalue weighted by Gasteiger charge is 2.40. The maximum Gasteiger partial charge on any atom is 0.227 e. The summed E-state index contributed by atoms with van der Waals surface area (Å²) in [6, 6.07) is 10.3. The predicted molar refractivity (Wildman–Crippen MR) is 105 cm³/mol. The first-order valence-electron chi connectivity index (χ1n) is 9.89. The highest BCUT2D eigenvalue weighted by molar-refractivity contribution is 5.89. The fourth-order valence-corrected chi connectivity index (χ4v) is 4.27. The number of carbonyl (C=O) groups is 2. The number of amides is 2. The van der Waals surface area contributed by atoms with Crippen LogP contribution < -0.4 is 0 Å². The third kappa shape index (κ3) is 4.59. The molecule has 146 valence electrons. The number of nitrogens with zero attached hydrogens (tertiary/aromatic N) is 2. The zero-order chi connectivity index (χ0) is 19.3. The molecule has 1 atom stereocenters. The summed E-state index contributed by atoms with van der Waals surface area (Å²) in [7, 11) is 0. The largest absolute Gasteiger partial charge is 0.396 e. The van der Waals surface area contributed by atoms with Gasteiger partial charge in [-0.05, 0) is 36.7 Å². The second kappa shape index (κ2) is 8.70. The number of aryl methyl sites for hydroxylation is 1. The summed E-state index contributed by atoms with van der Waals surface area (Å²) < 4.78 is 0. The molecule has 1 N–H and O–H groups in total. The summed E-state index contributed by atoms with van der Waals surface area (Å²) in [5.74, 6) is -0.106. The maximum atomic E-state index is 12.8. The highest BCUT2D eigenvalue weighted by atomic mass is 16.3. The van der Waals surface area contributed by atoms with E-state index in [4.69, 9.17) is 0 Å². The van der Waals surface area contributed by atoms with E-state index < -0.39 is 0 Å². The Morgan fingerprint density at radius 3 is 2.59 bits per heavy atom. The summed E-state index contributed by atoms with van der Waals surface area (Å²) in [5.41, 5.74) is 1.18. The van der Waals surface area contributed by atoms with Gasteiger partial charge in [-0.1, -0.05) is 36.4 Å². The predicted octanol–water partition coefficient (Wildman–Crippen LogP) is 2.25. The molecule has 0 spiro atoms. The molecule has 5 heteroatoms. The van der Waals surface area contributed by atoms with Crippen molar-refractivity contribution in [2.45, 2.75) is 32.1 Å². The van der Waals surface area contributed by atoms with Crippen LogP contribution in [0.1, 0.15) is 31.2 Å². The van der Waals surface area contributed by atoms with E-state index in [1.807, 2.05) is 23.1 Å². The molecule has 0 aromatic heterocycles. The van der Waals surface area contributed by atoms with Crippen LogP contribution in [0.2, 0.25) is 0 Å². The quantitative estimate of drug-likeness (QED) is 0.749. The molecule has 2 fully saturated rings. The molecule has 2 aliphatic rings. The van der Waals surface area contributed by atoms with Crippen LogP contribution in [0.15, 0.2) is 43.0 Å². The van der Waals surface area contributed by atoms with Crippen molar-refractivity contribution < 1.29 is 14.7 Å². The van der Waals surface area contributed by atoms with Gasteiger partial charge in [0.2, 0.25) is 11.8 Å². The standard InChI is InChI=1S/C22H30N2O3/c1-2-12-24-16-19(15-20(24)26)21(27)23-13-10-22(17-25,11-14-23)9-8-18-6-4-3-5-7-18/h2-7,19,25H,1,8-17H2. The second-order valence-electron chi connectivity index (χ2n) is 7.96. The van der Waals surface area contributed by atoms with Crippen LogP contribution in [0.3, 0.4) is 0 Å². The van der Waals surface area contributed by atoms with E-state index >= 15 is 0 Å². The molecule has 2 heterocycles. The number of benzene rings is 1. The number of carbonyl (C=O) groups excluding carboxylic acids is 2. The molecule has 1 aromatic rings. The molecule has 5 nitrogen and oxygen atoms in total. The minimum Gasteiger partial charge on any atom is -0.396 e. The normalized spacial score (nSPS) is 22.1. The van der Waals surface area contributed by atoms with Gasteiger partial charge in [0, 0.05) is 39.2 Å². The molecule has 3 rings (SSSR count). The van der Waals surface area contributed by atoms with Crippen molar-refractivity contribution in [1.29, 1.82) is 0 Å². The second-order valence-corrected chi connectivity index (χ2v) is 7.96. The lowest BCUT2D eigenvalue weighted by Gasteiger charge is -2.41. The van der Waals surface area contributed by atoms with E-state index in [2.05, 4.69) is 18.7 Å². The number of piperidine rings is 1. The third-order valence-corrected chi connectivity index (χ3v) is 6.17. The van der Waals surface area contributed by atoms with Gasteiger partial charge in [-0.3, -0.25) is 9.59 Å². The maximum absolute atomic E-state index is 12.8. The molecular formula is C22H30N2O3. The van der Waals surface area contributed by atoms with Gasteiger partial charge in [0.15, 0.2) is 0 Å². The lowest BCUT2D eigenvalue weighted by Crippen LogP contribution is -2.47. The Morgan fingerprint density at radius 2 is 1.96 bits per heavy atom. The number of aliphatic hydroxyl groups excluding tert-OH is 1. The van der Waals surface area contributed by atoms with Gasteiger partial charge in [-0.25, -0.2) is 0 Å². The van der Waals surface area contributed by atoms with Crippen LogP contribution in [-0.2, 0) is 16.0 Å². The van der Waals surface area contributed by atoms with Crippen LogP contribution in [0.4, 0.5) is 0 Å². The molecule has 27 heavy (non-hydrogen) atoms. The van der Waals surface area contributed by atoms with Crippen molar-refractivity contribution >= 4 is 11.8 Å². The van der Waals surface area contributed by atoms with E-state index in [1.54, 1.807) is 11.0 Å². The molecule has 2 aliphatic heterocycles. The summed E-state index contributed by atoms with van der Waals surface area (Å²) in [4.78, 5) is 28.4.